The Kier molecular flexibility index (Phi) is 4.94. The van der Waals surface area contributed by atoms with Crippen molar-refractivity contribution in [3.8, 4) is 6.07 Å². The first-order chi connectivity index (χ1) is 15.0. The van der Waals surface area contributed by atoms with Crippen LogP contribution in [0.3, 0.4) is 0 Å². The maximum absolute atomic E-state index is 14.3. The van der Waals surface area contributed by atoms with E-state index < -0.39 is 11.6 Å². The Morgan fingerprint density at radius 3 is 2.71 bits per heavy atom. The van der Waals surface area contributed by atoms with E-state index in [1.165, 1.54) is 0 Å². The van der Waals surface area contributed by atoms with E-state index in [1.807, 2.05) is 12.3 Å². The minimum absolute atomic E-state index is 0.0363. The zero-order chi connectivity index (χ0) is 21.5. The summed E-state index contributed by atoms with van der Waals surface area (Å²) in [5.41, 5.74) is 1.66. The highest BCUT2D eigenvalue weighted by molar-refractivity contribution is 6.03. The Morgan fingerprint density at radius 2 is 1.94 bits per heavy atom. The molecule has 0 unspecified atom stereocenters. The molecule has 1 aromatic heterocycles. The molecule has 7 nitrogen and oxygen atoms in total. The van der Waals surface area contributed by atoms with Crippen LogP contribution in [-0.2, 0) is 11.3 Å². The van der Waals surface area contributed by atoms with Crippen LogP contribution < -0.4 is 15.1 Å². The van der Waals surface area contributed by atoms with Crippen molar-refractivity contribution in [3.63, 3.8) is 0 Å². The zero-order valence-corrected chi connectivity index (χ0v) is 16.9. The Hall–Kier alpha value is -3.25. The van der Waals surface area contributed by atoms with E-state index in [2.05, 4.69) is 20.1 Å². The summed E-state index contributed by atoms with van der Waals surface area (Å²) in [5, 5.41) is 11.8. The third kappa shape index (κ3) is 3.57. The maximum Gasteiger partial charge on any atom is 0.247 e. The number of pyridine rings is 1. The molecule has 5 rings (SSSR count). The molecule has 2 fully saturated rings. The Morgan fingerprint density at radius 1 is 1.13 bits per heavy atom. The first kappa shape index (κ1) is 19.7. The van der Waals surface area contributed by atoms with Gasteiger partial charge < -0.3 is 15.1 Å². The second-order valence-electron chi connectivity index (χ2n) is 8.21. The van der Waals surface area contributed by atoms with Crippen molar-refractivity contribution in [2.24, 2.45) is 0 Å². The Labute approximate surface area is 178 Å². The van der Waals surface area contributed by atoms with E-state index in [4.69, 9.17) is 5.26 Å². The number of carbonyl (C=O) groups is 1. The molecule has 3 aliphatic rings. The van der Waals surface area contributed by atoms with Gasteiger partial charge in [0.05, 0.1) is 16.9 Å². The minimum Gasteiger partial charge on any atom is -0.367 e. The quantitative estimate of drug-likeness (QED) is 0.816. The first-order valence-corrected chi connectivity index (χ1v) is 10.5. The molecular weight excluding hydrogens is 402 g/mol. The molecule has 0 bridgehead atoms. The SMILES string of the molecule is N#Cc1cc(F)c(N2CCN(Cc3cnc4c(c3)NC(=O)[C@@H]3CCCN43)CC2)cc1F. The number of nitriles is 1. The van der Waals surface area contributed by atoms with Crippen LogP contribution in [0.15, 0.2) is 24.4 Å². The van der Waals surface area contributed by atoms with Crippen molar-refractivity contribution in [3.05, 3.63) is 47.2 Å². The molecule has 2 saturated heterocycles. The van der Waals surface area contributed by atoms with Gasteiger partial charge in [-0.15, -0.1) is 0 Å². The molecule has 3 aliphatic heterocycles. The molecule has 1 N–H and O–H groups in total. The highest BCUT2D eigenvalue weighted by atomic mass is 19.1. The number of anilines is 3. The summed E-state index contributed by atoms with van der Waals surface area (Å²) in [4.78, 5) is 23.1. The predicted octanol–water partition coefficient (Wildman–Crippen LogP) is 2.47. The molecule has 0 spiro atoms. The summed E-state index contributed by atoms with van der Waals surface area (Å²) in [7, 11) is 0. The summed E-state index contributed by atoms with van der Waals surface area (Å²) in [5.74, 6) is -0.409. The van der Waals surface area contributed by atoms with Crippen molar-refractivity contribution < 1.29 is 13.6 Å². The van der Waals surface area contributed by atoms with E-state index in [1.54, 1.807) is 11.0 Å². The lowest BCUT2D eigenvalue weighted by molar-refractivity contribution is -0.117. The van der Waals surface area contributed by atoms with E-state index in [-0.39, 0.29) is 23.2 Å². The lowest BCUT2D eigenvalue weighted by Crippen LogP contribution is -2.46. The molecule has 31 heavy (non-hydrogen) atoms. The fourth-order valence-electron chi connectivity index (χ4n) is 4.69. The van der Waals surface area contributed by atoms with Crippen LogP contribution >= 0.6 is 0 Å². The van der Waals surface area contributed by atoms with Crippen molar-refractivity contribution in [2.75, 3.05) is 47.8 Å². The Bertz CT molecular complexity index is 1080. The van der Waals surface area contributed by atoms with E-state index in [9.17, 15) is 13.6 Å². The van der Waals surface area contributed by atoms with E-state index in [0.717, 1.165) is 48.6 Å². The second-order valence-corrected chi connectivity index (χ2v) is 8.21. The van der Waals surface area contributed by atoms with Gasteiger partial charge >= 0.3 is 0 Å². The molecule has 0 saturated carbocycles. The normalized spacial score (nSPS) is 20.8. The molecule has 1 atom stereocenters. The molecular formula is C22H22F2N6O. The highest BCUT2D eigenvalue weighted by Crippen LogP contribution is 2.35. The number of nitrogens with one attached hydrogen (secondary N) is 1. The number of hydrogen-bond acceptors (Lipinski definition) is 6. The maximum atomic E-state index is 14.3. The fraction of sp³-hybridized carbons (Fsp3) is 0.409. The Balaban J connectivity index is 1.25. The molecule has 1 amide bonds. The first-order valence-electron chi connectivity index (χ1n) is 10.5. The number of hydrogen-bond donors (Lipinski definition) is 1. The van der Waals surface area contributed by atoms with Crippen molar-refractivity contribution in [1.29, 1.82) is 5.26 Å². The number of aromatic nitrogens is 1. The van der Waals surface area contributed by atoms with Gasteiger partial charge in [0.1, 0.15) is 23.7 Å². The number of halogens is 2. The van der Waals surface area contributed by atoms with Crippen LogP contribution in [0.1, 0.15) is 24.0 Å². The molecule has 9 heteroatoms. The van der Waals surface area contributed by atoms with Gasteiger partial charge in [0.2, 0.25) is 5.91 Å². The number of nitrogens with zero attached hydrogens (tertiary/aromatic N) is 5. The van der Waals surface area contributed by atoms with Crippen LogP contribution in [0.25, 0.3) is 0 Å². The van der Waals surface area contributed by atoms with Gasteiger partial charge in [-0.3, -0.25) is 9.69 Å². The molecule has 0 radical (unpaired) electrons. The molecule has 2 aromatic rings. The summed E-state index contributed by atoms with van der Waals surface area (Å²) < 4.78 is 28.2. The van der Waals surface area contributed by atoms with Crippen molar-refractivity contribution in [2.45, 2.75) is 25.4 Å². The lowest BCUT2D eigenvalue weighted by Gasteiger charge is -2.36. The van der Waals surface area contributed by atoms with Gasteiger partial charge in [0.15, 0.2) is 5.82 Å². The summed E-state index contributed by atoms with van der Waals surface area (Å²) >= 11 is 0. The molecule has 1 aromatic carbocycles. The van der Waals surface area contributed by atoms with Crippen LogP contribution in [0.5, 0.6) is 0 Å². The van der Waals surface area contributed by atoms with E-state index >= 15 is 0 Å². The van der Waals surface area contributed by atoms with Gasteiger partial charge in [-0.25, -0.2) is 13.8 Å². The summed E-state index contributed by atoms with van der Waals surface area (Å²) in [6.07, 6.45) is 3.71. The minimum atomic E-state index is -0.705. The van der Waals surface area contributed by atoms with Crippen LogP contribution in [0.4, 0.5) is 26.0 Å². The van der Waals surface area contributed by atoms with Gasteiger partial charge in [-0.2, -0.15) is 5.26 Å². The largest absolute Gasteiger partial charge is 0.367 e. The summed E-state index contributed by atoms with van der Waals surface area (Å²) in [6, 6.07) is 5.59. The molecule has 160 valence electrons. The number of fused-ring (bicyclic) bond motifs is 3. The third-order valence-electron chi connectivity index (χ3n) is 6.28. The van der Waals surface area contributed by atoms with Gasteiger partial charge in [0.25, 0.3) is 0 Å². The van der Waals surface area contributed by atoms with Crippen molar-refractivity contribution >= 4 is 23.1 Å². The topological polar surface area (TPSA) is 75.5 Å². The number of rotatable bonds is 3. The van der Waals surface area contributed by atoms with Gasteiger partial charge in [-0.1, -0.05) is 0 Å². The molecule has 0 aliphatic carbocycles. The lowest BCUT2D eigenvalue weighted by atomic mass is 10.1. The second kappa shape index (κ2) is 7.78. The monoisotopic (exact) mass is 424 g/mol. The highest BCUT2D eigenvalue weighted by Gasteiger charge is 2.37. The third-order valence-corrected chi connectivity index (χ3v) is 6.28. The average Bonchev–Trinajstić information content (AvgIpc) is 3.26. The molecule has 4 heterocycles. The summed E-state index contributed by atoms with van der Waals surface area (Å²) in [6.45, 7) is 3.97. The standard InChI is InChI=1S/C22H22F2N6O/c23-16-10-20(17(24)9-15(16)11-25)29-6-4-28(5-7-29)13-14-8-18-21(26-12-14)30-3-1-2-19(30)22(31)27-18/h8-10,12,19H,1-7,13H2,(H,27,31)/t19-/m0/s1. The van der Waals surface area contributed by atoms with Crippen LogP contribution in [-0.4, -0.2) is 54.6 Å². The smallest absolute Gasteiger partial charge is 0.247 e. The van der Waals surface area contributed by atoms with Crippen LogP contribution in [0.2, 0.25) is 0 Å². The number of carbonyl (C=O) groups excluding carboxylic acids is 1. The average molecular weight is 424 g/mol. The predicted molar refractivity (Wildman–Crippen MR) is 112 cm³/mol. The fourth-order valence-corrected chi connectivity index (χ4v) is 4.69. The number of amides is 1. The van der Waals surface area contributed by atoms with Crippen molar-refractivity contribution in [1.82, 2.24) is 9.88 Å². The van der Waals surface area contributed by atoms with Crippen LogP contribution in [0, 0.1) is 23.0 Å². The van der Waals surface area contributed by atoms with Gasteiger partial charge in [0, 0.05) is 51.5 Å². The number of benzene rings is 1. The van der Waals surface area contributed by atoms with E-state index in [0.29, 0.717) is 32.7 Å². The van der Waals surface area contributed by atoms with Gasteiger partial charge in [-0.05, 0) is 30.5 Å². The zero-order valence-electron chi connectivity index (χ0n) is 16.9. The number of piperazine rings is 1.